The second-order valence-corrected chi connectivity index (χ2v) is 8.78. The van der Waals surface area contributed by atoms with Crippen molar-refractivity contribution in [3.8, 4) is 5.75 Å². The molecule has 0 amide bonds. The Balaban J connectivity index is 1.86. The number of nitro benzene ring substituents is 1. The first-order chi connectivity index (χ1) is 15.2. The Kier molecular flexibility index (Phi) is 7.18. The van der Waals surface area contributed by atoms with E-state index in [4.69, 9.17) is 27.9 Å². The summed E-state index contributed by atoms with van der Waals surface area (Å²) in [6.45, 7) is 0. The normalized spacial score (nSPS) is 11.3. The van der Waals surface area contributed by atoms with Gasteiger partial charge in [0.15, 0.2) is 0 Å². The molecule has 12 heteroatoms. The Labute approximate surface area is 193 Å². The van der Waals surface area contributed by atoms with Crippen molar-refractivity contribution < 1.29 is 18.1 Å². The number of nitro groups is 1. The Morgan fingerprint density at radius 1 is 1.03 bits per heavy atom. The Morgan fingerprint density at radius 2 is 1.78 bits per heavy atom. The summed E-state index contributed by atoms with van der Waals surface area (Å²) in [4.78, 5) is 10.5. The van der Waals surface area contributed by atoms with Gasteiger partial charge in [0.1, 0.15) is 11.4 Å². The van der Waals surface area contributed by atoms with E-state index in [1.54, 1.807) is 36.4 Å². The predicted molar refractivity (Wildman–Crippen MR) is 125 cm³/mol. The first-order valence-corrected chi connectivity index (χ1v) is 11.1. The zero-order valence-electron chi connectivity index (χ0n) is 16.5. The van der Waals surface area contributed by atoms with Gasteiger partial charge in [-0.25, -0.2) is 8.42 Å². The molecule has 0 aliphatic carbocycles. The molecule has 0 heterocycles. The lowest BCUT2D eigenvalue weighted by atomic mass is 10.2. The molecule has 0 aliphatic heterocycles. The van der Waals surface area contributed by atoms with E-state index in [1.807, 2.05) is 0 Å². The topological polar surface area (TPSA) is 123 Å². The van der Waals surface area contributed by atoms with Crippen molar-refractivity contribution in [2.75, 3.05) is 17.3 Å². The number of ether oxygens (including phenoxy) is 1. The minimum atomic E-state index is -4.12. The average Bonchev–Trinajstić information content (AvgIpc) is 2.76. The van der Waals surface area contributed by atoms with E-state index in [-0.39, 0.29) is 16.3 Å². The van der Waals surface area contributed by atoms with E-state index >= 15 is 0 Å². The molecule has 0 spiro atoms. The highest BCUT2D eigenvalue weighted by Gasteiger charge is 2.22. The fraction of sp³-hybridized carbons (Fsp3) is 0.0500. The summed E-state index contributed by atoms with van der Waals surface area (Å²) >= 11 is 11.8. The van der Waals surface area contributed by atoms with Crippen LogP contribution >= 0.6 is 23.2 Å². The summed E-state index contributed by atoms with van der Waals surface area (Å²) in [5.74, 6) is 0.306. The van der Waals surface area contributed by atoms with Gasteiger partial charge in [0.25, 0.3) is 15.7 Å². The summed E-state index contributed by atoms with van der Waals surface area (Å²) in [7, 11) is -2.72. The van der Waals surface area contributed by atoms with Gasteiger partial charge in [-0.2, -0.15) is 5.10 Å². The van der Waals surface area contributed by atoms with Gasteiger partial charge in [0.2, 0.25) is 0 Å². The molecule has 0 aromatic heterocycles. The maximum absolute atomic E-state index is 12.8. The molecule has 0 saturated heterocycles. The third-order valence-corrected chi connectivity index (χ3v) is 6.27. The molecule has 0 bridgehead atoms. The van der Waals surface area contributed by atoms with Gasteiger partial charge in [0, 0.05) is 6.07 Å². The molecule has 166 valence electrons. The van der Waals surface area contributed by atoms with Gasteiger partial charge in [-0.05, 0) is 42.0 Å². The largest absolute Gasteiger partial charge is 0.495 e. The van der Waals surface area contributed by atoms with Crippen LogP contribution in [0.4, 0.5) is 17.1 Å². The number of methoxy groups -OCH3 is 1. The standard InChI is InChI=1S/C20H16Cl2N4O5S/c1-31-20-5-3-2-4-18(20)25-32(29,30)14-7-9-17(19(11-14)26(27)28)24-23-12-13-6-8-15(21)16(22)10-13/h2-12,24-25H,1H3. The first-order valence-electron chi connectivity index (χ1n) is 8.89. The van der Waals surface area contributed by atoms with Crippen LogP contribution in [0.3, 0.4) is 0 Å². The molecule has 32 heavy (non-hydrogen) atoms. The van der Waals surface area contributed by atoms with Gasteiger partial charge in [-0.15, -0.1) is 0 Å². The number of hydrazone groups is 1. The Hall–Kier alpha value is -3.34. The number of rotatable bonds is 8. The van der Waals surface area contributed by atoms with Gasteiger partial charge in [-0.1, -0.05) is 41.4 Å². The van der Waals surface area contributed by atoms with Crippen LogP contribution in [0.1, 0.15) is 5.56 Å². The number of halogens is 2. The summed E-state index contributed by atoms with van der Waals surface area (Å²) in [6.07, 6.45) is 1.39. The number of nitrogens with zero attached hydrogens (tertiary/aromatic N) is 2. The van der Waals surface area contributed by atoms with Crippen LogP contribution in [0.25, 0.3) is 0 Å². The molecule has 0 aliphatic rings. The van der Waals surface area contributed by atoms with Gasteiger partial charge >= 0.3 is 0 Å². The van der Waals surface area contributed by atoms with E-state index in [1.165, 1.54) is 31.5 Å². The third-order valence-electron chi connectivity index (χ3n) is 4.17. The number of para-hydroxylation sites is 2. The van der Waals surface area contributed by atoms with Gasteiger partial charge in [0.05, 0.1) is 38.9 Å². The van der Waals surface area contributed by atoms with Crippen LogP contribution in [0.5, 0.6) is 5.75 Å². The summed E-state index contributed by atoms with van der Waals surface area (Å²) in [6, 6.07) is 14.6. The van der Waals surface area contributed by atoms with E-state index in [0.717, 1.165) is 6.07 Å². The zero-order chi connectivity index (χ0) is 23.3. The quantitative estimate of drug-likeness (QED) is 0.253. The smallest absolute Gasteiger partial charge is 0.295 e. The molecular formula is C20H16Cl2N4O5S. The lowest BCUT2D eigenvalue weighted by Gasteiger charge is -2.12. The fourth-order valence-electron chi connectivity index (χ4n) is 2.63. The van der Waals surface area contributed by atoms with Crippen LogP contribution < -0.4 is 14.9 Å². The van der Waals surface area contributed by atoms with Gasteiger partial charge < -0.3 is 4.74 Å². The summed E-state index contributed by atoms with van der Waals surface area (Å²) < 4.78 is 33.0. The molecule has 3 rings (SSSR count). The lowest BCUT2D eigenvalue weighted by Crippen LogP contribution is -2.14. The SMILES string of the molecule is COc1ccccc1NS(=O)(=O)c1ccc(NN=Cc2ccc(Cl)c(Cl)c2)c([N+](=O)[O-])c1. The lowest BCUT2D eigenvalue weighted by molar-refractivity contribution is -0.384. The highest BCUT2D eigenvalue weighted by atomic mass is 35.5. The molecule has 3 aromatic rings. The van der Waals surface area contributed by atoms with Crippen molar-refractivity contribution in [2.24, 2.45) is 5.10 Å². The average molecular weight is 495 g/mol. The third kappa shape index (κ3) is 5.47. The van der Waals surface area contributed by atoms with Crippen molar-refractivity contribution in [1.82, 2.24) is 0 Å². The summed E-state index contributed by atoms with van der Waals surface area (Å²) in [5.41, 5.74) is 2.88. The molecule has 2 N–H and O–H groups in total. The van der Waals surface area contributed by atoms with Crippen LogP contribution in [-0.2, 0) is 10.0 Å². The predicted octanol–water partition coefficient (Wildman–Crippen LogP) is 5.16. The van der Waals surface area contributed by atoms with Crippen molar-refractivity contribution in [2.45, 2.75) is 4.90 Å². The van der Waals surface area contributed by atoms with E-state index < -0.39 is 20.6 Å². The van der Waals surface area contributed by atoms with Crippen LogP contribution in [0.15, 0.2) is 70.7 Å². The molecule has 0 radical (unpaired) electrons. The molecule has 0 atom stereocenters. The van der Waals surface area contributed by atoms with E-state index in [0.29, 0.717) is 21.4 Å². The monoisotopic (exact) mass is 494 g/mol. The number of nitrogens with one attached hydrogen (secondary N) is 2. The Morgan fingerprint density at radius 3 is 2.47 bits per heavy atom. The van der Waals surface area contributed by atoms with Crippen LogP contribution in [0, 0.1) is 10.1 Å². The maximum atomic E-state index is 12.8. The minimum Gasteiger partial charge on any atom is -0.495 e. The molecule has 0 unspecified atom stereocenters. The van der Waals surface area contributed by atoms with Crippen molar-refractivity contribution in [3.05, 3.63) is 86.4 Å². The molecule has 0 fully saturated rings. The number of sulfonamides is 1. The first kappa shape index (κ1) is 23.3. The fourth-order valence-corrected chi connectivity index (χ4v) is 4.02. The second kappa shape index (κ2) is 9.86. The van der Waals surface area contributed by atoms with E-state index in [9.17, 15) is 18.5 Å². The molecule has 9 nitrogen and oxygen atoms in total. The number of hydrogen-bond acceptors (Lipinski definition) is 7. The van der Waals surface area contributed by atoms with Crippen molar-refractivity contribution >= 4 is 56.5 Å². The van der Waals surface area contributed by atoms with Gasteiger partial charge in [-0.3, -0.25) is 20.3 Å². The second-order valence-electron chi connectivity index (χ2n) is 6.29. The maximum Gasteiger partial charge on any atom is 0.295 e. The molecule has 3 aromatic carbocycles. The number of benzene rings is 3. The van der Waals surface area contributed by atoms with Crippen molar-refractivity contribution in [1.29, 1.82) is 0 Å². The minimum absolute atomic E-state index is 0.00236. The van der Waals surface area contributed by atoms with Crippen molar-refractivity contribution in [3.63, 3.8) is 0 Å². The summed E-state index contributed by atoms with van der Waals surface area (Å²) in [5, 5.41) is 16.2. The van der Waals surface area contributed by atoms with Crippen LogP contribution in [0.2, 0.25) is 10.0 Å². The molecular weight excluding hydrogens is 479 g/mol. The number of anilines is 2. The van der Waals surface area contributed by atoms with Crippen LogP contribution in [-0.4, -0.2) is 26.7 Å². The number of hydrogen-bond donors (Lipinski definition) is 2. The molecule has 0 saturated carbocycles. The zero-order valence-corrected chi connectivity index (χ0v) is 18.8. The Bertz CT molecular complexity index is 1300. The highest BCUT2D eigenvalue weighted by molar-refractivity contribution is 7.92. The van der Waals surface area contributed by atoms with E-state index in [2.05, 4.69) is 15.2 Å². The highest BCUT2D eigenvalue weighted by Crippen LogP contribution is 2.30.